The van der Waals surface area contributed by atoms with Crippen molar-refractivity contribution < 1.29 is 18.9 Å². The third-order valence-electron chi connectivity index (χ3n) is 3.13. The van der Waals surface area contributed by atoms with Crippen molar-refractivity contribution in [1.29, 1.82) is 0 Å². The average Bonchev–Trinajstić information content (AvgIpc) is 2.93. The van der Waals surface area contributed by atoms with Gasteiger partial charge in [-0.25, -0.2) is 0 Å². The maximum absolute atomic E-state index is 5.95. The first-order valence-electron chi connectivity index (χ1n) is 6.47. The molecule has 1 atom stereocenters. The monoisotopic (exact) mass is 267 g/mol. The molecule has 1 aromatic rings. The molecule has 1 unspecified atom stereocenters. The molecule has 1 fully saturated rings. The molecule has 0 aliphatic carbocycles. The molecule has 0 spiro atoms. The van der Waals surface area contributed by atoms with Gasteiger partial charge < -0.3 is 24.7 Å². The molecular formula is C14H21NO4. The van der Waals surface area contributed by atoms with Crippen LogP contribution in [0.1, 0.15) is 12.0 Å². The van der Waals surface area contributed by atoms with E-state index in [0.29, 0.717) is 30.4 Å². The third-order valence-corrected chi connectivity index (χ3v) is 3.13. The smallest absolute Gasteiger partial charge is 0.203 e. The van der Waals surface area contributed by atoms with E-state index in [1.165, 1.54) is 0 Å². The van der Waals surface area contributed by atoms with Gasteiger partial charge in [-0.05, 0) is 30.7 Å². The third kappa shape index (κ3) is 3.30. The molecule has 2 N–H and O–H groups in total. The Balaban J connectivity index is 2.27. The molecule has 5 nitrogen and oxygen atoms in total. The summed E-state index contributed by atoms with van der Waals surface area (Å²) in [5.41, 5.74) is 6.66. The van der Waals surface area contributed by atoms with E-state index in [2.05, 4.69) is 0 Å². The van der Waals surface area contributed by atoms with Crippen LogP contribution >= 0.6 is 0 Å². The van der Waals surface area contributed by atoms with Gasteiger partial charge in [-0.1, -0.05) is 0 Å². The zero-order valence-corrected chi connectivity index (χ0v) is 11.5. The van der Waals surface area contributed by atoms with E-state index in [-0.39, 0.29) is 6.10 Å². The second-order valence-electron chi connectivity index (χ2n) is 4.47. The lowest BCUT2D eigenvalue weighted by atomic mass is 10.1. The van der Waals surface area contributed by atoms with Crippen molar-refractivity contribution >= 4 is 0 Å². The van der Waals surface area contributed by atoms with Gasteiger partial charge in [0.2, 0.25) is 5.75 Å². The topological polar surface area (TPSA) is 62.9 Å². The van der Waals surface area contributed by atoms with Crippen molar-refractivity contribution in [3.63, 3.8) is 0 Å². The first-order valence-corrected chi connectivity index (χ1v) is 6.47. The van der Waals surface area contributed by atoms with Crippen LogP contribution in [0.15, 0.2) is 12.1 Å². The molecular weight excluding hydrogens is 246 g/mol. The molecule has 1 aromatic carbocycles. The number of rotatable bonds is 6. The molecule has 2 rings (SSSR count). The highest BCUT2D eigenvalue weighted by Crippen LogP contribution is 2.39. The summed E-state index contributed by atoms with van der Waals surface area (Å²) in [6.45, 7) is 1.93. The number of hydrogen-bond acceptors (Lipinski definition) is 5. The summed E-state index contributed by atoms with van der Waals surface area (Å²) < 4.78 is 22.1. The van der Waals surface area contributed by atoms with Gasteiger partial charge in [0.15, 0.2) is 11.5 Å². The van der Waals surface area contributed by atoms with Gasteiger partial charge in [0.1, 0.15) is 6.10 Å². The van der Waals surface area contributed by atoms with Crippen LogP contribution in [0.25, 0.3) is 0 Å². The predicted octanol–water partition coefficient (Wildman–Crippen LogP) is 1.37. The second kappa shape index (κ2) is 6.63. The lowest BCUT2D eigenvalue weighted by Crippen LogP contribution is -2.17. The summed E-state index contributed by atoms with van der Waals surface area (Å²) in [6, 6.07) is 3.89. The van der Waals surface area contributed by atoms with E-state index < -0.39 is 0 Å². The molecule has 0 aromatic heterocycles. The number of methoxy groups -OCH3 is 2. The molecule has 0 amide bonds. The van der Waals surface area contributed by atoms with E-state index in [1.54, 1.807) is 14.2 Å². The molecule has 1 heterocycles. The first kappa shape index (κ1) is 14.0. The first-order chi connectivity index (χ1) is 9.28. The van der Waals surface area contributed by atoms with Crippen LogP contribution in [-0.4, -0.2) is 40.1 Å². The molecule has 5 heteroatoms. The summed E-state index contributed by atoms with van der Waals surface area (Å²) in [4.78, 5) is 0. The van der Waals surface area contributed by atoms with Crippen LogP contribution in [0.5, 0.6) is 17.2 Å². The number of hydrogen-bond donors (Lipinski definition) is 1. The van der Waals surface area contributed by atoms with E-state index in [4.69, 9.17) is 24.7 Å². The van der Waals surface area contributed by atoms with Crippen LogP contribution in [-0.2, 0) is 11.2 Å². The van der Waals surface area contributed by atoms with Crippen LogP contribution in [0.2, 0.25) is 0 Å². The fourth-order valence-corrected chi connectivity index (χ4v) is 2.13. The maximum Gasteiger partial charge on any atom is 0.203 e. The van der Waals surface area contributed by atoms with Gasteiger partial charge in [0.05, 0.1) is 27.4 Å². The fourth-order valence-electron chi connectivity index (χ4n) is 2.13. The molecule has 19 heavy (non-hydrogen) atoms. The number of benzene rings is 1. The molecule has 0 bridgehead atoms. The lowest BCUT2D eigenvalue weighted by Gasteiger charge is -2.18. The Morgan fingerprint density at radius 2 is 1.95 bits per heavy atom. The minimum Gasteiger partial charge on any atom is -0.493 e. The molecule has 0 saturated carbocycles. The minimum atomic E-state index is 0.0585. The molecule has 106 valence electrons. The Bertz CT molecular complexity index is 391. The van der Waals surface area contributed by atoms with Gasteiger partial charge in [-0.15, -0.1) is 0 Å². The van der Waals surface area contributed by atoms with Crippen LogP contribution in [0, 0.1) is 0 Å². The van der Waals surface area contributed by atoms with Gasteiger partial charge >= 0.3 is 0 Å². The van der Waals surface area contributed by atoms with Crippen LogP contribution in [0.4, 0.5) is 0 Å². The lowest BCUT2D eigenvalue weighted by molar-refractivity contribution is 0.135. The Labute approximate surface area is 113 Å². The Morgan fingerprint density at radius 3 is 2.42 bits per heavy atom. The summed E-state index contributed by atoms with van der Waals surface area (Å²) in [6.07, 6.45) is 1.72. The summed E-state index contributed by atoms with van der Waals surface area (Å²) >= 11 is 0. The van der Waals surface area contributed by atoms with Crippen molar-refractivity contribution in [2.45, 2.75) is 18.9 Å². The van der Waals surface area contributed by atoms with Gasteiger partial charge in [-0.3, -0.25) is 0 Å². The summed E-state index contributed by atoms with van der Waals surface area (Å²) in [5, 5.41) is 0. The molecule has 0 radical (unpaired) electrons. The Morgan fingerprint density at radius 1 is 1.26 bits per heavy atom. The molecule has 1 saturated heterocycles. The second-order valence-corrected chi connectivity index (χ2v) is 4.47. The largest absolute Gasteiger partial charge is 0.493 e. The number of ether oxygens (including phenoxy) is 4. The fraction of sp³-hybridized carbons (Fsp3) is 0.571. The van der Waals surface area contributed by atoms with Crippen molar-refractivity contribution in [2.75, 3.05) is 34.0 Å². The van der Waals surface area contributed by atoms with E-state index in [0.717, 1.165) is 25.0 Å². The molecule has 1 aliphatic rings. The van der Waals surface area contributed by atoms with E-state index in [1.807, 2.05) is 12.1 Å². The van der Waals surface area contributed by atoms with Crippen LogP contribution in [0.3, 0.4) is 0 Å². The highest BCUT2D eigenvalue weighted by molar-refractivity contribution is 5.54. The average molecular weight is 267 g/mol. The predicted molar refractivity (Wildman–Crippen MR) is 72.2 cm³/mol. The van der Waals surface area contributed by atoms with Gasteiger partial charge in [0.25, 0.3) is 0 Å². The van der Waals surface area contributed by atoms with Crippen molar-refractivity contribution in [2.24, 2.45) is 5.73 Å². The van der Waals surface area contributed by atoms with E-state index >= 15 is 0 Å². The van der Waals surface area contributed by atoms with Gasteiger partial charge in [-0.2, -0.15) is 0 Å². The van der Waals surface area contributed by atoms with Crippen molar-refractivity contribution in [1.82, 2.24) is 0 Å². The Hall–Kier alpha value is -1.46. The summed E-state index contributed by atoms with van der Waals surface area (Å²) in [5.74, 6) is 1.99. The maximum atomic E-state index is 5.95. The quantitative estimate of drug-likeness (QED) is 0.843. The highest BCUT2D eigenvalue weighted by Gasteiger charge is 2.22. The normalized spacial score (nSPS) is 18.4. The zero-order valence-electron chi connectivity index (χ0n) is 11.5. The SMILES string of the molecule is COc1cc(CCN)cc(OC)c1OC1CCOC1. The standard InChI is InChI=1S/C14H21NO4/c1-16-12-7-10(3-5-15)8-13(17-2)14(12)19-11-4-6-18-9-11/h7-8,11H,3-6,9,15H2,1-2H3. The van der Waals surface area contributed by atoms with Crippen LogP contribution < -0.4 is 19.9 Å². The minimum absolute atomic E-state index is 0.0585. The highest BCUT2D eigenvalue weighted by atomic mass is 16.6. The Kier molecular flexibility index (Phi) is 4.87. The van der Waals surface area contributed by atoms with Crippen molar-refractivity contribution in [3.8, 4) is 17.2 Å². The summed E-state index contributed by atoms with van der Waals surface area (Å²) in [7, 11) is 3.25. The van der Waals surface area contributed by atoms with Crippen molar-refractivity contribution in [3.05, 3.63) is 17.7 Å². The van der Waals surface area contributed by atoms with E-state index in [9.17, 15) is 0 Å². The zero-order chi connectivity index (χ0) is 13.7. The van der Waals surface area contributed by atoms with Gasteiger partial charge in [0, 0.05) is 6.42 Å². The number of nitrogens with two attached hydrogens (primary N) is 1. The molecule has 1 aliphatic heterocycles.